The monoisotopic (exact) mass is 258 g/mol. The molecule has 0 amide bonds. The van der Waals surface area contributed by atoms with E-state index in [2.05, 4.69) is 4.72 Å². The van der Waals surface area contributed by atoms with E-state index in [0.29, 0.717) is 25.1 Å². The summed E-state index contributed by atoms with van der Waals surface area (Å²) in [6.07, 6.45) is 1.01. The average molecular weight is 258 g/mol. The van der Waals surface area contributed by atoms with Crippen LogP contribution in [0.3, 0.4) is 0 Å². The van der Waals surface area contributed by atoms with E-state index in [0.717, 1.165) is 5.56 Å². The van der Waals surface area contributed by atoms with Crippen LogP contribution in [0.5, 0.6) is 0 Å². The molecule has 0 bridgehead atoms. The zero-order chi connectivity index (χ0) is 12.7. The molecule has 1 rings (SSSR count). The van der Waals surface area contributed by atoms with Gasteiger partial charge in [-0.25, -0.2) is 8.42 Å². The van der Waals surface area contributed by atoms with Gasteiger partial charge in [0.25, 0.3) is 0 Å². The number of rotatable bonds is 7. The van der Waals surface area contributed by atoms with Crippen LogP contribution in [0.15, 0.2) is 24.3 Å². The van der Waals surface area contributed by atoms with Gasteiger partial charge in [-0.3, -0.25) is 4.72 Å². The third kappa shape index (κ3) is 5.16. The molecule has 5 nitrogen and oxygen atoms in total. The zero-order valence-electron chi connectivity index (χ0n) is 9.59. The molecule has 0 aliphatic rings. The minimum absolute atomic E-state index is 0.0297. The number of nitrogens with two attached hydrogens (primary N) is 1. The van der Waals surface area contributed by atoms with Crippen LogP contribution in [0.4, 0.5) is 5.69 Å². The molecular formula is C11H18N2O3S. The Bertz CT molecular complexity index is 429. The second kappa shape index (κ2) is 6.58. The number of sulfonamides is 1. The first kappa shape index (κ1) is 14.0. The minimum atomic E-state index is -3.30. The molecule has 17 heavy (non-hydrogen) atoms. The summed E-state index contributed by atoms with van der Waals surface area (Å²) in [4.78, 5) is 0. The molecule has 0 fully saturated rings. The van der Waals surface area contributed by atoms with Crippen molar-refractivity contribution >= 4 is 15.7 Å². The van der Waals surface area contributed by atoms with Gasteiger partial charge in [0.1, 0.15) is 0 Å². The highest BCUT2D eigenvalue weighted by atomic mass is 32.2. The molecule has 1 aromatic carbocycles. The van der Waals surface area contributed by atoms with Gasteiger partial charge in [0.05, 0.1) is 5.75 Å². The van der Waals surface area contributed by atoms with Crippen LogP contribution in [0, 0.1) is 0 Å². The Balaban J connectivity index is 2.62. The fourth-order valence-corrected chi connectivity index (χ4v) is 2.52. The summed E-state index contributed by atoms with van der Waals surface area (Å²) in [5.74, 6) is 0.0297. The van der Waals surface area contributed by atoms with Crippen LogP contribution in [0.2, 0.25) is 0 Å². The summed E-state index contributed by atoms with van der Waals surface area (Å²) in [5.41, 5.74) is 6.77. The molecule has 0 saturated carbocycles. The number of benzene rings is 1. The maximum absolute atomic E-state index is 11.6. The Kier molecular flexibility index (Phi) is 5.40. The van der Waals surface area contributed by atoms with E-state index in [1.165, 1.54) is 0 Å². The molecule has 0 atom stereocenters. The Morgan fingerprint density at radius 1 is 1.24 bits per heavy atom. The van der Waals surface area contributed by atoms with Crippen molar-refractivity contribution in [2.75, 3.05) is 23.6 Å². The first-order chi connectivity index (χ1) is 8.07. The standard InChI is InChI=1S/C11H18N2O3S/c12-7-1-9-17(15,16)13-11-4-2-10(3-5-11)6-8-14/h2-5,13-14H,1,6-9,12H2. The largest absolute Gasteiger partial charge is 0.396 e. The molecule has 1 aromatic rings. The van der Waals surface area contributed by atoms with E-state index in [4.69, 9.17) is 10.8 Å². The molecule has 4 N–H and O–H groups in total. The predicted octanol–water partition coefficient (Wildman–Crippen LogP) is 0.312. The Morgan fingerprint density at radius 2 is 1.88 bits per heavy atom. The van der Waals surface area contributed by atoms with Crippen molar-refractivity contribution < 1.29 is 13.5 Å². The highest BCUT2D eigenvalue weighted by Gasteiger charge is 2.09. The quantitative estimate of drug-likeness (QED) is 0.656. The van der Waals surface area contributed by atoms with Crippen LogP contribution >= 0.6 is 0 Å². The van der Waals surface area contributed by atoms with Crippen molar-refractivity contribution in [3.63, 3.8) is 0 Å². The number of hydrogen-bond donors (Lipinski definition) is 3. The molecule has 0 radical (unpaired) electrons. The summed E-state index contributed by atoms with van der Waals surface area (Å²) >= 11 is 0. The van der Waals surface area contributed by atoms with Gasteiger partial charge in [0.2, 0.25) is 10.0 Å². The van der Waals surface area contributed by atoms with E-state index in [-0.39, 0.29) is 12.4 Å². The van der Waals surface area contributed by atoms with Crippen LogP contribution in [0.1, 0.15) is 12.0 Å². The fraction of sp³-hybridized carbons (Fsp3) is 0.455. The summed E-state index contributed by atoms with van der Waals surface area (Å²) in [5, 5.41) is 8.75. The molecule has 6 heteroatoms. The summed E-state index contributed by atoms with van der Waals surface area (Å²) in [7, 11) is -3.30. The van der Waals surface area contributed by atoms with Gasteiger partial charge < -0.3 is 10.8 Å². The van der Waals surface area contributed by atoms with Crippen molar-refractivity contribution in [2.45, 2.75) is 12.8 Å². The van der Waals surface area contributed by atoms with Gasteiger partial charge in [-0.05, 0) is 37.1 Å². The Morgan fingerprint density at radius 3 is 2.41 bits per heavy atom. The van der Waals surface area contributed by atoms with Gasteiger partial charge in [0, 0.05) is 12.3 Å². The zero-order valence-corrected chi connectivity index (χ0v) is 10.4. The lowest BCUT2D eigenvalue weighted by Crippen LogP contribution is -2.18. The minimum Gasteiger partial charge on any atom is -0.396 e. The van der Waals surface area contributed by atoms with Crippen molar-refractivity contribution in [3.8, 4) is 0 Å². The van der Waals surface area contributed by atoms with Crippen LogP contribution < -0.4 is 10.5 Å². The lowest BCUT2D eigenvalue weighted by atomic mass is 10.1. The molecule has 0 heterocycles. The molecule has 0 aliphatic carbocycles. The van der Waals surface area contributed by atoms with E-state index in [9.17, 15) is 8.42 Å². The van der Waals surface area contributed by atoms with Gasteiger partial charge in [-0.2, -0.15) is 0 Å². The van der Waals surface area contributed by atoms with E-state index in [1.54, 1.807) is 24.3 Å². The number of hydrogen-bond acceptors (Lipinski definition) is 4. The maximum Gasteiger partial charge on any atom is 0.232 e. The topological polar surface area (TPSA) is 92.4 Å². The average Bonchev–Trinajstić information content (AvgIpc) is 2.29. The predicted molar refractivity (Wildman–Crippen MR) is 68.3 cm³/mol. The second-order valence-corrected chi connectivity index (χ2v) is 5.58. The van der Waals surface area contributed by atoms with Gasteiger partial charge >= 0.3 is 0 Å². The number of aliphatic hydroxyl groups is 1. The Hall–Kier alpha value is -1.11. The Labute approximate surface area is 102 Å². The normalized spacial score (nSPS) is 11.4. The van der Waals surface area contributed by atoms with Crippen LogP contribution in [-0.4, -0.2) is 32.4 Å². The van der Waals surface area contributed by atoms with E-state index >= 15 is 0 Å². The van der Waals surface area contributed by atoms with Gasteiger partial charge in [0.15, 0.2) is 0 Å². The SMILES string of the molecule is NCCCS(=O)(=O)Nc1ccc(CCO)cc1. The number of aliphatic hydroxyl groups excluding tert-OH is 1. The summed E-state index contributed by atoms with van der Waals surface area (Å²) in [6.45, 7) is 0.442. The lowest BCUT2D eigenvalue weighted by molar-refractivity contribution is 0.299. The third-order valence-corrected chi connectivity index (χ3v) is 3.62. The van der Waals surface area contributed by atoms with Crippen molar-refractivity contribution in [1.29, 1.82) is 0 Å². The van der Waals surface area contributed by atoms with E-state index in [1.807, 2.05) is 0 Å². The lowest BCUT2D eigenvalue weighted by Gasteiger charge is -2.08. The molecule has 0 spiro atoms. The maximum atomic E-state index is 11.6. The smallest absolute Gasteiger partial charge is 0.232 e. The van der Waals surface area contributed by atoms with Crippen LogP contribution in [0.25, 0.3) is 0 Å². The highest BCUT2D eigenvalue weighted by Crippen LogP contribution is 2.12. The first-order valence-corrected chi connectivity index (χ1v) is 7.13. The summed E-state index contributed by atoms with van der Waals surface area (Å²) in [6, 6.07) is 6.95. The molecular weight excluding hydrogens is 240 g/mol. The summed E-state index contributed by atoms with van der Waals surface area (Å²) < 4.78 is 25.6. The number of anilines is 1. The highest BCUT2D eigenvalue weighted by molar-refractivity contribution is 7.92. The van der Waals surface area contributed by atoms with Crippen molar-refractivity contribution in [2.24, 2.45) is 5.73 Å². The van der Waals surface area contributed by atoms with E-state index < -0.39 is 10.0 Å². The molecule has 0 unspecified atom stereocenters. The van der Waals surface area contributed by atoms with Gasteiger partial charge in [-0.1, -0.05) is 12.1 Å². The second-order valence-electron chi connectivity index (χ2n) is 3.73. The molecule has 0 aromatic heterocycles. The fourth-order valence-electron chi connectivity index (χ4n) is 1.37. The van der Waals surface area contributed by atoms with Crippen LogP contribution in [-0.2, 0) is 16.4 Å². The number of nitrogens with one attached hydrogen (secondary N) is 1. The van der Waals surface area contributed by atoms with Crippen molar-refractivity contribution in [1.82, 2.24) is 0 Å². The first-order valence-electron chi connectivity index (χ1n) is 5.48. The van der Waals surface area contributed by atoms with Gasteiger partial charge in [-0.15, -0.1) is 0 Å². The molecule has 0 aliphatic heterocycles. The molecule has 96 valence electrons. The third-order valence-electron chi connectivity index (χ3n) is 2.24. The van der Waals surface area contributed by atoms with Crippen molar-refractivity contribution in [3.05, 3.63) is 29.8 Å². The molecule has 0 saturated heterocycles.